The third-order valence-electron chi connectivity index (χ3n) is 4.10. The lowest BCUT2D eigenvalue weighted by Gasteiger charge is -2.07. The third-order valence-corrected chi connectivity index (χ3v) is 5.16. The Morgan fingerprint density at radius 1 is 1.30 bits per heavy atom. The van der Waals surface area contributed by atoms with Gasteiger partial charge >= 0.3 is 11.7 Å². The van der Waals surface area contributed by atoms with Crippen LogP contribution in [0.4, 0.5) is 11.4 Å². The SMILES string of the molecule is CCOC(=O)c1ccc(N=C2S/C(=C\c3ccc(O)c([N+](=O)[O-])c3)C(=O)N2C)cc1. The summed E-state index contributed by atoms with van der Waals surface area (Å²) in [5, 5.41) is 21.0. The summed E-state index contributed by atoms with van der Waals surface area (Å²) < 4.78 is 4.94. The number of ether oxygens (including phenoxy) is 1. The number of nitro benzene ring substituents is 1. The molecule has 1 N–H and O–H groups in total. The summed E-state index contributed by atoms with van der Waals surface area (Å²) in [6.45, 7) is 2.01. The minimum Gasteiger partial charge on any atom is -0.502 e. The number of phenols is 1. The van der Waals surface area contributed by atoms with Gasteiger partial charge in [-0.05, 0) is 60.7 Å². The van der Waals surface area contributed by atoms with Crippen molar-refractivity contribution in [1.29, 1.82) is 0 Å². The number of nitrogens with zero attached hydrogens (tertiary/aromatic N) is 3. The monoisotopic (exact) mass is 427 g/mol. The molecule has 0 saturated carbocycles. The average Bonchev–Trinajstić information content (AvgIpc) is 2.97. The summed E-state index contributed by atoms with van der Waals surface area (Å²) in [5.74, 6) is -1.18. The molecule has 3 rings (SSSR count). The van der Waals surface area contributed by atoms with E-state index in [0.29, 0.717) is 26.9 Å². The molecule has 0 aromatic heterocycles. The largest absolute Gasteiger partial charge is 0.502 e. The molecule has 0 bridgehead atoms. The molecule has 1 heterocycles. The van der Waals surface area contributed by atoms with E-state index in [0.717, 1.165) is 11.8 Å². The first-order chi connectivity index (χ1) is 14.3. The summed E-state index contributed by atoms with van der Waals surface area (Å²) in [6, 6.07) is 10.3. The average molecular weight is 427 g/mol. The van der Waals surface area contributed by atoms with Gasteiger partial charge in [0.1, 0.15) is 0 Å². The highest BCUT2D eigenvalue weighted by Gasteiger charge is 2.30. The van der Waals surface area contributed by atoms with E-state index in [4.69, 9.17) is 4.74 Å². The zero-order chi connectivity index (χ0) is 21.8. The Balaban J connectivity index is 1.84. The van der Waals surface area contributed by atoms with Crippen LogP contribution in [0.25, 0.3) is 6.08 Å². The Bertz CT molecular complexity index is 1080. The van der Waals surface area contributed by atoms with E-state index in [1.165, 1.54) is 29.2 Å². The standard InChI is InChI=1S/C20H17N3O6S/c1-3-29-19(26)13-5-7-14(8-6-13)21-20-22(2)18(25)17(30-20)11-12-4-9-16(24)15(10-12)23(27)28/h4-11,24H,3H2,1-2H3/b17-11-,21-20?. The molecule has 0 spiro atoms. The molecule has 2 aromatic rings. The summed E-state index contributed by atoms with van der Waals surface area (Å²) in [6.07, 6.45) is 1.50. The molecule has 1 amide bonds. The van der Waals surface area contributed by atoms with Crippen molar-refractivity contribution < 1.29 is 24.4 Å². The number of likely N-dealkylation sites (N-methyl/N-ethyl adjacent to an activating group) is 1. The number of carbonyl (C=O) groups excluding carboxylic acids is 2. The van der Waals surface area contributed by atoms with E-state index in [-0.39, 0.29) is 12.5 Å². The first-order valence-corrected chi connectivity index (χ1v) is 9.62. The smallest absolute Gasteiger partial charge is 0.338 e. The van der Waals surface area contributed by atoms with E-state index < -0.39 is 22.3 Å². The molecule has 30 heavy (non-hydrogen) atoms. The number of benzene rings is 2. The lowest BCUT2D eigenvalue weighted by molar-refractivity contribution is -0.385. The second-order valence-corrected chi connectivity index (χ2v) is 7.15. The molecule has 9 nitrogen and oxygen atoms in total. The van der Waals surface area contributed by atoms with Crippen molar-refractivity contribution in [2.24, 2.45) is 4.99 Å². The Morgan fingerprint density at radius 2 is 2.00 bits per heavy atom. The van der Waals surface area contributed by atoms with E-state index in [2.05, 4.69) is 4.99 Å². The van der Waals surface area contributed by atoms with Crippen LogP contribution >= 0.6 is 11.8 Å². The number of hydrogen-bond acceptors (Lipinski definition) is 8. The first kappa shape index (κ1) is 21.1. The maximum absolute atomic E-state index is 12.5. The van der Waals surface area contributed by atoms with Gasteiger partial charge in [-0.1, -0.05) is 6.07 Å². The fraction of sp³-hybridized carbons (Fsp3) is 0.150. The predicted octanol–water partition coefficient (Wildman–Crippen LogP) is 3.71. The topological polar surface area (TPSA) is 122 Å². The number of hydrogen-bond donors (Lipinski definition) is 1. The highest BCUT2D eigenvalue weighted by atomic mass is 32.2. The minimum absolute atomic E-state index is 0.283. The number of nitro groups is 1. The van der Waals surface area contributed by atoms with Gasteiger partial charge in [-0.3, -0.25) is 19.8 Å². The fourth-order valence-corrected chi connectivity index (χ4v) is 3.56. The number of thioether (sulfide) groups is 1. The van der Waals surface area contributed by atoms with Crippen LogP contribution in [0, 0.1) is 10.1 Å². The molecule has 1 saturated heterocycles. The van der Waals surface area contributed by atoms with Gasteiger partial charge in [0.25, 0.3) is 5.91 Å². The third kappa shape index (κ3) is 4.49. The second kappa shape index (κ2) is 8.78. The molecule has 2 aromatic carbocycles. The summed E-state index contributed by atoms with van der Waals surface area (Å²) in [5.41, 5.74) is 0.915. The number of amides is 1. The lowest BCUT2D eigenvalue weighted by Crippen LogP contribution is -2.23. The molecule has 154 valence electrons. The van der Waals surface area contributed by atoms with Gasteiger partial charge in [0, 0.05) is 13.1 Å². The van der Waals surface area contributed by atoms with E-state index in [1.807, 2.05) is 0 Å². The molecule has 0 atom stereocenters. The Kier molecular flexibility index (Phi) is 6.17. The van der Waals surface area contributed by atoms with Gasteiger partial charge in [-0.2, -0.15) is 0 Å². The lowest BCUT2D eigenvalue weighted by atomic mass is 10.1. The fourth-order valence-electron chi connectivity index (χ4n) is 2.58. The van der Waals surface area contributed by atoms with Crippen LogP contribution in [0.15, 0.2) is 52.4 Å². The van der Waals surface area contributed by atoms with Crippen molar-refractivity contribution in [2.75, 3.05) is 13.7 Å². The number of esters is 1. The number of aliphatic imine (C=N–C) groups is 1. The molecule has 0 unspecified atom stereocenters. The number of carbonyl (C=O) groups is 2. The van der Waals surface area contributed by atoms with Crippen LogP contribution in [0.1, 0.15) is 22.8 Å². The van der Waals surface area contributed by atoms with E-state index in [9.17, 15) is 24.8 Å². The van der Waals surface area contributed by atoms with E-state index >= 15 is 0 Å². The highest BCUT2D eigenvalue weighted by molar-refractivity contribution is 8.18. The van der Waals surface area contributed by atoms with Gasteiger partial charge in [-0.25, -0.2) is 9.79 Å². The minimum atomic E-state index is -0.695. The van der Waals surface area contributed by atoms with Crippen molar-refractivity contribution in [3.8, 4) is 5.75 Å². The van der Waals surface area contributed by atoms with Gasteiger partial charge < -0.3 is 9.84 Å². The van der Waals surface area contributed by atoms with Crippen molar-refractivity contribution in [3.63, 3.8) is 0 Å². The van der Waals surface area contributed by atoms with Crippen LogP contribution in [0.5, 0.6) is 5.75 Å². The molecule has 1 aliphatic heterocycles. The maximum Gasteiger partial charge on any atom is 0.338 e. The molecular formula is C20H17N3O6S. The molecule has 0 aliphatic carbocycles. The first-order valence-electron chi connectivity index (χ1n) is 8.81. The zero-order valence-electron chi connectivity index (χ0n) is 16.1. The molecule has 10 heteroatoms. The quantitative estimate of drug-likeness (QED) is 0.334. The van der Waals surface area contributed by atoms with Crippen molar-refractivity contribution in [3.05, 3.63) is 68.6 Å². The number of rotatable bonds is 5. The van der Waals surface area contributed by atoms with Crippen LogP contribution in [0.3, 0.4) is 0 Å². The Morgan fingerprint density at radius 3 is 2.63 bits per heavy atom. The number of phenolic OH excluding ortho intramolecular Hbond substituents is 1. The molecule has 1 fully saturated rings. The number of aromatic hydroxyl groups is 1. The Labute approximate surface area is 175 Å². The van der Waals surface area contributed by atoms with Crippen molar-refractivity contribution >= 4 is 46.3 Å². The van der Waals surface area contributed by atoms with Crippen molar-refractivity contribution in [1.82, 2.24) is 4.90 Å². The highest BCUT2D eigenvalue weighted by Crippen LogP contribution is 2.34. The normalized spacial score (nSPS) is 16.3. The summed E-state index contributed by atoms with van der Waals surface area (Å²) in [7, 11) is 1.57. The maximum atomic E-state index is 12.5. The van der Waals surface area contributed by atoms with Crippen LogP contribution < -0.4 is 0 Å². The molecule has 0 radical (unpaired) electrons. The van der Waals surface area contributed by atoms with Gasteiger partial charge in [-0.15, -0.1) is 0 Å². The van der Waals surface area contributed by atoms with E-state index in [1.54, 1.807) is 38.2 Å². The second-order valence-electron chi connectivity index (χ2n) is 6.14. The van der Waals surface area contributed by atoms with Crippen molar-refractivity contribution in [2.45, 2.75) is 6.92 Å². The molecular weight excluding hydrogens is 410 g/mol. The van der Waals surface area contributed by atoms with Gasteiger partial charge in [0.05, 0.1) is 27.7 Å². The van der Waals surface area contributed by atoms with Gasteiger partial charge in [0.15, 0.2) is 10.9 Å². The molecule has 1 aliphatic rings. The number of amidine groups is 1. The van der Waals surface area contributed by atoms with Crippen LogP contribution in [0.2, 0.25) is 0 Å². The van der Waals surface area contributed by atoms with Crippen LogP contribution in [-0.2, 0) is 9.53 Å². The predicted molar refractivity (Wildman–Crippen MR) is 113 cm³/mol. The summed E-state index contributed by atoms with van der Waals surface area (Å²) >= 11 is 1.12. The Hall–Kier alpha value is -3.66. The van der Waals surface area contributed by atoms with Gasteiger partial charge in [0.2, 0.25) is 0 Å². The van der Waals surface area contributed by atoms with Crippen LogP contribution in [-0.4, -0.2) is 45.6 Å². The zero-order valence-corrected chi connectivity index (χ0v) is 16.9. The summed E-state index contributed by atoms with van der Waals surface area (Å²) in [4.78, 5) is 40.7.